The number of nitro groups is 1. The summed E-state index contributed by atoms with van der Waals surface area (Å²) < 4.78 is 5.56. The molecule has 0 saturated carbocycles. The highest BCUT2D eigenvalue weighted by molar-refractivity contribution is 6.52. The minimum atomic E-state index is -0.767. The molecule has 4 rings (SSSR count). The molecule has 0 saturated heterocycles. The molecular weight excluding hydrogens is 362 g/mol. The molecule has 140 valence electrons. The minimum absolute atomic E-state index is 0.0253. The van der Waals surface area contributed by atoms with Crippen LogP contribution in [0.15, 0.2) is 47.1 Å². The molecule has 1 aliphatic heterocycles. The number of fused-ring (bicyclic) bond motifs is 1. The van der Waals surface area contributed by atoms with Crippen LogP contribution in [0.5, 0.6) is 0 Å². The fraction of sp³-hybridized carbons (Fsp3) is 0.150. The second-order valence-electron chi connectivity index (χ2n) is 6.64. The number of aryl methyl sites for hydroxylation is 2. The largest absolute Gasteiger partial charge is 0.444 e. The van der Waals surface area contributed by atoms with Crippen molar-refractivity contribution in [2.24, 2.45) is 0 Å². The topological polar surface area (TPSA) is 107 Å². The summed E-state index contributed by atoms with van der Waals surface area (Å²) in [6, 6.07) is 9.69. The molecule has 0 atom stereocenters. The van der Waals surface area contributed by atoms with Crippen molar-refractivity contribution in [1.29, 1.82) is 0 Å². The fourth-order valence-corrected chi connectivity index (χ4v) is 3.28. The Hall–Kier alpha value is -3.81. The van der Waals surface area contributed by atoms with Crippen molar-refractivity contribution in [3.63, 3.8) is 0 Å². The van der Waals surface area contributed by atoms with Crippen LogP contribution in [0.1, 0.15) is 27.2 Å². The first-order valence-electron chi connectivity index (χ1n) is 8.52. The lowest BCUT2D eigenvalue weighted by Crippen LogP contribution is -2.29. The van der Waals surface area contributed by atoms with Crippen molar-refractivity contribution < 1.29 is 18.9 Å². The maximum absolute atomic E-state index is 12.4. The lowest BCUT2D eigenvalue weighted by atomic mass is 10.1. The molecule has 0 bridgehead atoms. The van der Waals surface area contributed by atoms with E-state index in [0.717, 1.165) is 22.8 Å². The highest BCUT2D eigenvalue weighted by Crippen LogP contribution is 2.33. The van der Waals surface area contributed by atoms with Crippen LogP contribution in [-0.2, 0) is 11.3 Å². The summed E-state index contributed by atoms with van der Waals surface area (Å²) in [7, 11) is 0. The molecular formula is C20H15N3O5. The Morgan fingerprint density at radius 2 is 1.89 bits per heavy atom. The Morgan fingerprint density at radius 3 is 2.61 bits per heavy atom. The first kappa shape index (κ1) is 17.6. The SMILES string of the molecule is Cc1ccc(-c2nc(CN3C(=O)C(=O)c4cc([N+](=O)[O-])ccc43)co2)c(C)c1. The summed E-state index contributed by atoms with van der Waals surface area (Å²) in [5, 5.41) is 10.9. The zero-order valence-corrected chi connectivity index (χ0v) is 15.1. The number of Topliss-reactive ketones (excluding diaryl/α,β-unsaturated/α-hetero) is 1. The van der Waals surface area contributed by atoms with Gasteiger partial charge < -0.3 is 4.42 Å². The number of oxazole rings is 1. The van der Waals surface area contributed by atoms with E-state index in [0.29, 0.717) is 17.3 Å². The van der Waals surface area contributed by atoms with E-state index in [-0.39, 0.29) is 17.8 Å². The lowest BCUT2D eigenvalue weighted by molar-refractivity contribution is -0.384. The van der Waals surface area contributed by atoms with E-state index in [1.807, 2.05) is 32.0 Å². The van der Waals surface area contributed by atoms with Crippen LogP contribution in [0.4, 0.5) is 11.4 Å². The molecule has 0 spiro atoms. The molecule has 1 amide bonds. The third-order valence-electron chi connectivity index (χ3n) is 4.65. The van der Waals surface area contributed by atoms with Gasteiger partial charge in [-0.2, -0.15) is 0 Å². The Bertz CT molecular complexity index is 1150. The van der Waals surface area contributed by atoms with Gasteiger partial charge in [-0.1, -0.05) is 17.7 Å². The number of carbonyl (C=O) groups is 2. The first-order chi connectivity index (χ1) is 13.3. The molecule has 0 fully saturated rings. The predicted molar refractivity (Wildman–Crippen MR) is 100 cm³/mol. The highest BCUT2D eigenvalue weighted by Gasteiger charge is 2.37. The van der Waals surface area contributed by atoms with Gasteiger partial charge in [0.1, 0.15) is 6.26 Å². The van der Waals surface area contributed by atoms with Crippen molar-refractivity contribution in [3.05, 3.63) is 75.2 Å². The molecule has 8 nitrogen and oxygen atoms in total. The Labute approximate surface area is 159 Å². The van der Waals surface area contributed by atoms with Crippen molar-refractivity contribution in [2.75, 3.05) is 4.90 Å². The van der Waals surface area contributed by atoms with Crippen molar-refractivity contribution in [2.45, 2.75) is 20.4 Å². The predicted octanol–water partition coefficient (Wildman–Crippen LogP) is 3.60. The Kier molecular flexibility index (Phi) is 4.03. The zero-order valence-electron chi connectivity index (χ0n) is 15.1. The average Bonchev–Trinajstić information content (AvgIpc) is 3.21. The number of benzene rings is 2. The maximum Gasteiger partial charge on any atom is 0.299 e. The van der Waals surface area contributed by atoms with Gasteiger partial charge in [-0.15, -0.1) is 0 Å². The molecule has 1 aliphatic rings. The van der Waals surface area contributed by atoms with Crippen molar-refractivity contribution in [1.82, 2.24) is 4.98 Å². The summed E-state index contributed by atoms with van der Waals surface area (Å²) in [5.74, 6) is -1.09. The number of anilines is 1. The minimum Gasteiger partial charge on any atom is -0.444 e. The van der Waals surface area contributed by atoms with Gasteiger partial charge in [0.2, 0.25) is 5.89 Å². The van der Waals surface area contributed by atoms with E-state index in [1.165, 1.54) is 23.3 Å². The smallest absolute Gasteiger partial charge is 0.299 e. The van der Waals surface area contributed by atoms with Crippen LogP contribution < -0.4 is 4.90 Å². The summed E-state index contributed by atoms with van der Waals surface area (Å²) in [6.07, 6.45) is 1.44. The second kappa shape index (κ2) is 6.41. The summed E-state index contributed by atoms with van der Waals surface area (Å²) in [5.41, 5.74) is 3.58. The normalized spacial score (nSPS) is 13.1. The number of rotatable bonds is 4. The van der Waals surface area contributed by atoms with Gasteiger partial charge in [-0.3, -0.25) is 24.6 Å². The molecule has 2 heterocycles. The number of hydrogen-bond acceptors (Lipinski definition) is 6. The number of hydrogen-bond donors (Lipinski definition) is 0. The molecule has 0 aliphatic carbocycles. The molecule has 1 aromatic heterocycles. The molecule has 8 heteroatoms. The van der Waals surface area contributed by atoms with Gasteiger partial charge in [0.15, 0.2) is 0 Å². The number of nitrogens with zero attached hydrogens (tertiary/aromatic N) is 3. The summed E-state index contributed by atoms with van der Waals surface area (Å²) in [4.78, 5) is 40.6. The molecule has 0 unspecified atom stereocenters. The van der Waals surface area contributed by atoms with E-state index in [1.54, 1.807) is 0 Å². The molecule has 28 heavy (non-hydrogen) atoms. The van der Waals surface area contributed by atoms with Gasteiger partial charge in [0, 0.05) is 17.7 Å². The Balaban J connectivity index is 1.64. The molecule has 3 aromatic rings. The van der Waals surface area contributed by atoms with Crippen LogP contribution in [-0.4, -0.2) is 21.6 Å². The maximum atomic E-state index is 12.4. The number of ketones is 1. The average molecular weight is 377 g/mol. The van der Waals surface area contributed by atoms with Gasteiger partial charge in [-0.25, -0.2) is 4.98 Å². The summed E-state index contributed by atoms with van der Waals surface area (Å²) in [6.45, 7) is 3.98. The van der Waals surface area contributed by atoms with Gasteiger partial charge in [0.05, 0.1) is 28.4 Å². The molecule has 2 aromatic carbocycles. The number of non-ortho nitro benzene ring substituents is 1. The van der Waals surface area contributed by atoms with Crippen LogP contribution in [0.2, 0.25) is 0 Å². The second-order valence-corrected chi connectivity index (χ2v) is 6.64. The monoisotopic (exact) mass is 377 g/mol. The zero-order chi connectivity index (χ0) is 20.0. The van der Waals surface area contributed by atoms with Crippen molar-refractivity contribution in [3.8, 4) is 11.5 Å². The van der Waals surface area contributed by atoms with E-state index in [4.69, 9.17) is 4.42 Å². The number of aromatic nitrogens is 1. The van der Waals surface area contributed by atoms with E-state index >= 15 is 0 Å². The van der Waals surface area contributed by atoms with Gasteiger partial charge in [-0.05, 0) is 31.5 Å². The van der Waals surface area contributed by atoms with Crippen LogP contribution in [0, 0.1) is 24.0 Å². The standard InChI is InChI=1S/C20H15N3O5/c1-11-3-5-15(12(2)7-11)19-21-13(10-28-19)9-22-17-6-4-14(23(26)27)8-16(17)18(24)20(22)25/h3-8,10H,9H2,1-2H3. The summed E-state index contributed by atoms with van der Waals surface area (Å²) >= 11 is 0. The third kappa shape index (κ3) is 2.84. The highest BCUT2D eigenvalue weighted by atomic mass is 16.6. The third-order valence-corrected chi connectivity index (χ3v) is 4.65. The lowest BCUT2D eigenvalue weighted by Gasteiger charge is -2.14. The fourth-order valence-electron chi connectivity index (χ4n) is 3.28. The van der Waals surface area contributed by atoms with E-state index in [9.17, 15) is 19.7 Å². The van der Waals surface area contributed by atoms with Crippen LogP contribution in [0.3, 0.4) is 0 Å². The van der Waals surface area contributed by atoms with E-state index < -0.39 is 16.6 Å². The molecule has 0 N–H and O–H groups in total. The van der Waals surface area contributed by atoms with Gasteiger partial charge in [0.25, 0.3) is 17.4 Å². The van der Waals surface area contributed by atoms with E-state index in [2.05, 4.69) is 4.98 Å². The van der Waals surface area contributed by atoms with Crippen molar-refractivity contribution >= 4 is 23.1 Å². The van der Waals surface area contributed by atoms with Crippen LogP contribution >= 0.6 is 0 Å². The first-order valence-corrected chi connectivity index (χ1v) is 8.52. The quantitative estimate of drug-likeness (QED) is 0.391. The number of nitro benzene ring substituents is 1. The van der Waals surface area contributed by atoms with Gasteiger partial charge >= 0.3 is 0 Å². The number of amides is 1. The van der Waals surface area contributed by atoms with Crippen LogP contribution in [0.25, 0.3) is 11.5 Å². The number of carbonyl (C=O) groups excluding carboxylic acids is 2. The Morgan fingerprint density at radius 1 is 1.11 bits per heavy atom. The molecule has 0 radical (unpaired) electrons.